The van der Waals surface area contributed by atoms with Gasteiger partial charge < -0.3 is 15.3 Å². The Bertz CT molecular complexity index is 126. The van der Waals surface area contributed by atoms with Crippen molar-refractivity contribution >= 4 is 5.91 Å². The van der Waals surface area contributed by atoms with Crippen molar-refractivity contribution < 1.29 is 9.90 Å². The smallest absolute Gasteiger partial charge is 0.234 e. The molecule has 72 valence electrons. The van der Waals surface area contributed by atoms with Crippen LogP contribution in [-0.2, 0) is 4.79 Å². The SMILES string of the molecule is CN(C)CC(=O)NCCCCO. The zero-order chi connectivity index (χ0) is 9.40. The number of aliphatic hydroxyl groups is 1. The van der Waals surface area contributed by atoms with E-state index in [9.17, 15) is 4.79 Å². The summed E-state index contributed by atoms with van der Waals surface area (Å²) >= 11 is 0. The number of rotatable bonds is 6. The van der Waals surface area contributed by atoms with Crippen molar-refractivity contribution in [3.8, 4) is 0 Å². The average molecular weight is 174 g/mol. The summed E-state index contributed by atoms with van der Waals surface area (Å²) in [5.74, 6) is 0.0398. The van der Waals surface area contributed by atoms with Gasteiger partial charge in [0.15, 0.2) is 0 Å². The van der Waals surface area contributed by atoms with Crippen molar-refractivity contribution in [1.82, 2.24) is 10.2 Å². The molecule has 0 saturated carbocycles. The Labute approximate surface area is 73.6 Å². The highest BCUT2D eigenvalue weighted by Gasteiger charge is 2.00. The quantitative estimate of drug-likeness (QED) is 0.531. The van der Waals surface area contributed by atoms with Gasteiger partial charge >= 0.3 is 0 Å². The molecule has 1 amide bonds. The van der Waals surface area contributed by atoms with Crippen molar-refractivity contribution in [1.29, 1.82) is 0 Å². The number of carbonyl (C=O) groups excluding carboxylic acids is 1. The second-order valence-corrected chi connectivity index (χ2v) is 3.02. The van der Waals surface area contributed by atoms with Gasteiger partial charge in [-0.1, -0.05) is 0 Å². The molecule has 0 spiro atoms. The first-order valence-corrected chi connectivity index (χ1v) is 4.19. The van der Waals surface area contributed by atoms with Crippen LogP contribution < -0.4 is 5.32 Å². The van der Waals surface area contributed by atoms with Gasteiger partial charge in [-0.3, -0.25) is 4.79 Å². The lowest BCUT2D eigenvalue weighted by molar-refractivity contribution is -0.121. The van der Waals surface area contributed by atoms with Crippen LogP contribution in [0.1, 0.15) is 12.8 Å². The normalized spacial score (nSPS) is 10.3. The van der Waals surface area contributed by atoms with Crippen LogP contribution in [0.15, 0.2) is 0 Å². The highest BCUT2D eigenvalue weighted by Crippen LogP contribution is 1.83. The number of unbranched alkanes of at least 4 members (excludes halogenated alkanes) is 1. The highest BCUT2D eigenvalue weighted by atomic mass is 16.2. The molecule has 0 unspecified atom stereocenters. The Kier molecular flexibility index (Phi) is 6.70. The third kappa shape index (κ3) is 7.50. The molecule has 0 aliphatic rings. The molecule has 0 radical (unpaired) electrons. The molecule has 0 atom stereocenters. The molecule has 0 saturated heterocycles. The third-order valence-electron chi connectivity index (χ3n) is 1.37. The largest absolute Gasteiger partial charge is 0.396 e. The van der Waals surface area contributed by atoms with E-state index in [1.165, 1.54) is 0 Å². The molecule has 12 heavy (non-hydrogen) atoms. The summed E-state index contributed by atoms with van der Waals surface area (Å²) < 4.78 is 0. The van der Waals surface area contributed by atoms with E-state index in [1.807, 2.05) is 19.0 Å². The number of nitrogens with zero attached hydrogens (tertiary/aromatic N) is 1. The predicted molar refractivity (Wildman–Crippen MR) is 47.9 cm³/mol. The van der Waals surface area contributed by atoms with Gasteiger partial charge in [-0.05, 0) is 26.9 Å². The molecule has 4 nitrogen and oxygen atoms in total. The molecule has 0 aromatic rings. The maximum Gasteiger partial charge on any atom is 0.234 e. The summed E-state index contributed by atoms with van der Waals surface area (Å²) in [4.78, 5) is 12.8. The molecule has 0 bridgehead atoms. The van der Waals surface area contributed by atoms with Crippen LogP contribution >= 0.6 is 0 Å². The van der Waals surface area contributed by atoms with Gasteiger partial charge in [0, 0.05) is 13.2 Å². The van der Waals surface area contributed by atoms with Crippen molar-refractivity contribution in [2.45, 2.75) is 12.8 Å². The monoisotopic (exact) mass is 174 g/mol. The predicted octanol–water partition coefficient (Wildman–Crippen LogP) is -0.563. The van der Waals surface area contributed by atoms with E-state index in [1.54, 1.807) is 0 Å². The van der Waals surface area contributed by atoms with Gasteiger partial charge in [-0.25, -0.2) is 0 Å². The lowest BCUT2D eigenvalue weighted by Gasteiger charge is -2.09. The van der Waals surface area contributed by atoms with E-state index in [0.717, 1.165) is 12.8 Å². The second-order valence-electron chi connectivity index (χ2n) is 3.02. The lowest BCUT2D eigenvalue weighted by Crippen LogP contribution is -2.33. The molecule has 0 aliphatic heterocycles. The first-order valence-electron chi connectivity index (χ1n) is 4.19. The number of likely N-dealkylation sites (N-methyl/N-ethyl adjacent to an activating group) is 1. The maximum atomic E-state index is 11.0. The summed E-state index contributed by atoms with van der Waals surface area (Å²) in [5, 5.41) is 11.2. The van der Waals surface area contributed by atoms with E-state index < -0.39 is 0 Å². The summed E-state index contributed by atoms with van der Waals surface area (Å²) in [5.41, 5.74) is 0. The summed E-state index contributed by atoms with van der Waals surface area (Å²) in [6, 6.07) is 0. The fourth-order valence-electron chi connectivity index (χ4n) is 0.808. The van der Waals surface area contributed by atoms with Crippen LogP contribution in [0, 0.1) is 0 Å². The number of hydrogen-bond donors (Lipinski definition) is 2. The van der Waals surface area contributed by atoms with Gasteiger partial charge in [-0.15, -0.1) is 0 Å². The minimum absolute atomic E-state index is 0.0398. The highest BCUT2D eigenvalue weighted by molar-refractivity contribution is 5.77. The number of nitrogens with one attached hydrogen (secondary N) is 1. The van der Waals surface area contributed by atoms with Crippen LogP contribution in [0.4, 0.5) is 0 Å². The Hall–Kier alpha value is -0.610. The van der Waals surface area contributed by atoms with E-state index in [-0.39, 0.29) is 12.5 Å². The molecule has 0 fully saturated rings. The molecule has 0 heterocycles. The minimum Gasteiger partial charge on any atom is -0.396 e. The number of carbonyl (C=O) groups is 1. The van der Waals surface area contributed by atoms with Gasteiger partial charge in [0.05, 0.1) is 6.54 Å². The number of aliphatic hydroxyl groups excluding tert-OH is 1. The van der Waals surface area contributed by atoms with E-state index in [2.05, 4.69) is 5.32 Å². The topological polar surface area (TPSA) is 52.6 Å². The molecule has 4 heteroatoms. The summed E-state index contributed by atoms with van der Waals surface area (Å²) in [6.45, 7) is 1.29. The second kappa shape index (κ2) is 7.06. The van der Waals surface area contributed by atoms with Crippen molar-refractivity contribution in [2.24, 2.45) is 0 Å². The average Bonchev–Trinajstić information content (AvgIpc) is 1.97. The molecule has 0 aliphatic carbocycles. The molecule has 0 rings (SSSR count). The molecule has 0 aromatic heterocycles. The van der Waals surface area contributed by atoms with Crippen molar-refractivity contribution in [3.05, 3.63) is 0 Å². The number of amides is 1. The molecular weight excluding hydrogens is 156 g/mol. The lowest BCUT2D eigenvalue weighted by atomic mass is 10.3. The van der Waals surface area contributed by atoms with E-state index >= 15 is 0 Å². The third-order valence-corrected chi connectivity index (χ3v) is 1.37. The van der Waals surface area contributed by atoms with Crippen LogP contribution in [0.25, 0.3) is 0 Å². The Morgan fingerprint density at radius 1 is 1.42 bits per heavy atom. The van der Waals surface area contributed by atoms with Crippen LogP contribution in [0.3, 0.4) is 0 Å². The first-order chi connectivity index (χ1) is 5.66. The maximum absolute atomic E-state index is 11.0. The number of hydrogen-bond acceptors (Lipinski definition) is 3. The zero-order valence-electron chi connectivity index (χ0n) is 7.84. The summed E-state index contributed by atoms with van der Waals surface area (Å²) in [6.07, 6.45) is 1.60. The minimum atomic E-state index is 0.0398. The Morgan fingerprint density at radius 3 is 2.58 bits per heavy atom. The van der Waals surface area contributed by atoms with Crippen LogP contribution in [0.5, 0.6) is 0 Å². The van der Waals surface area contributed by atoms with Crippen LogP contribution in [0.2, 0.25) is 0 Å². The van der Waals surface area contributed by atoms with Crippen molar-refractivity contribution in [3.63, 3.8) is 0 Å². The first kappa shape index (κ1) is 11.4. The Balaban J connectivity index is 3.20. The van der Waals surface area contributed by atoms with Gasteiger partial charge in [0.25, 0.3) is 0 Å². The molecular formula is C8H18N2O2. The fraction of sp³-hybridized carbons (Fsp3) is 0.875. The fourth-order valence-corrected chi connectivity index (χ4v) is 0.808. The standard InChI is InChI=1S/C8H18N2O2/c1-10(2)7-8(12)9-5-3-4-6-11/h11H,3-7H2,1-2H3,(H,9,12). The summed E-state index contributed by atoms with van der Waals surface area (Å²) in [7, 11) is 3.71. The van der Waals surface area contributed by atoms with Crippen molar-refractivity contribution in [2.75, 3.05) is 33.8 Å². The van der Waals surface area contributed by atoms with Gasteiger partial charge in [-0.2, -0.15) is 0 Å². The Morgan fingerprint density at radius 2 is 2.08 bits per heavy atom. The van der Waals surface area contributed by atoms with Crippen LogP contribution in [-0.4, -0.2) is 49.7 Å². The van der Waals surface area contributed by atoms with Gasteiger partial charge in [0.1, 0.15) is 0 Å². The van der Waals surface area contributed by atoms with Gasteiger partial charge in [0.2, 0.25) is 5.91 Å². The van der Waals surface area contributed by atoms with E-state index in [0.29, 0.717) is 13.1 Å². The molecule has 2 N–H and O–H groups in total. The van der Waals surface area contributed by atoms with E-state index in [4.69, 9.17) is 5.11 Å². The zero-order valence-corrected chi connectivity index (χ0v) is 7.84. The molecule has 0 aromatic carbocycles.